The van der Waals surface area contributed by atoms with E-state index in [-0.39, 0.29) is 0 Å². The van der Waals surface area contributed by atoms with Crippen LogP contribution in [0.2, 0.25) is 6.55 Å². The van der Waals surface area contributed by atoms with Gasteiger partial charge in [0.25, 0.3) is 0 Å². The molecule has 96 valence electrons. The van der Waals surface area contributed by atoms with Crippen LogP contribution in [0.25, 0.3) is 0 Å². The Bertz CT molecular complexity index is 179. The second-order valence-electron chi connectivity index (χ2n) is 4.39. The summed E-state index contributed by atoms with van der Waals surface area (Å²) >= 11 is 0. The molecule has 0 N–H and O–H groups in total. The molecule has 16 heavy (non-hydrogen) atoms. The fraction of sp³-hybridized carbons (Fsp3) is 0.846. The first kappa shape index (κ1) is 15.9. The molecule has 0 rings (SSSR count). The monoisotopic (exact) mass is 244 g/mol. The van der Waals surface area contributed by atoms with Crippen LogP contribution in [0.1, 0.15) is 52.9 Å². The van der Waals surface area contributed by atoms with Gasteiger partial charge in [-0.3, -0.25) is 0 Å². The summed E-state index contributed by atoms with van der Waals surface area (Å²) in [6.07, 6.45) is 5.97. The Morgan fingerprint density at radius 3 is 2.06 bits per heavy atom. The molecule has 0 aromatic rings. The van der Waals surface area contributed by atoms with Gasteiger partial charge >= 0.3 is 8.56 Å². The predicted molar refractivity (Wildman–Crippen MR) is 72.7 cm³/mol. The molecule has 3 heteroatoms. The van der Waals surface area contributed by atoms with Gasteiger partial charge in [0.05, 0.1) is 0 Å². The summed E-state index contributed by atoms with van der Waals surface area (Å²) in [6.45, 7) is 13.3. The Labute approximate surface area is 102 Å². The van der Waals surface area contributed by atoms with Crippen LogP contribution in [0, 0.1) is 0 Å². The number of hydrogen-bond acceptors (Lipinski definition) is 2. The SMILES string of the molecule is C=C[Si](C)(OCCC)OC(CCC)CCC. The average Bonchev–Trinajstić information content (AvgIpc) is 2.27. The van der Waals surface area contributed by atoms with E-state index in [0.717, 1.165) is 25.9 Å². The van der Waals surface area contributed by atoms with Gasteiger partial charge in [-0.1, -0.05) is 33.6 Å². The number of hydrogen-bond donors (Lipinski definition) is 0. The predicted octanol–water partition coefficient (Wildman–Crippen LogP) is 4.20. The number of rotatable bonds is 10. The molecule has 0 aromatic carbocycles. The van der Waals surface area contributed by atoms with Crippen molar-refractivity contribution in [3.63, 3.8) is 0 Å². The molecule has 0 aliphatic carbocycles. The highest BCUT2D eigenvalue weighted by molar-refractivity contribution is 6.71. The standard InChI is InChI=1S/C13H28O2Si/c1-6-10-13(11-7-2)15-16(5,9-4)14-12-8-3/h9,13H,4,6-8,10-12H2,1-3,5H3. The largest absolute Gasteiger partial charge is 0.391 e. The third-order valence-corrected chi connectivity index (χ3v) is 4.91. The Kier molecular flexibility index (Phi) is 8.90. The summed E-state index contributed by atoms with van der Waals surface area (Å²) in [7, 11) is -2.12. The van der Waals surface area contributed by atoms with Crippen molar-refractivity contribution in [3.05, 3.63) is 12.3 Å². The highest BCUT2D eigenvalue weighted by atomic mass is 28.4. The van der Waals surface area contributed by atoms with Crippen molar-refractivity contribution in [2.45, 2.75) is 65.5 Å². The molecule has 0 bridgehead atoms. The van der Waals surface area contributed by atoms with Gasteiger partial charge in [-0.05, 0) is 31.5 Å². The molecule has 0 fully saturated rings. The molecule has 0 heterocycles. The van der Waals surface area contributed by atoms with Crippen LogP contribution < -0.4 is 0 Å². The van der Waals surface area contributed by atoms with E-state index in [4.69, 9.17) is 8.85 Å². The average molecular weight is 244 g/mol. The Morgan fingerprint density at radius 1 is 1.12 bits per heavy atom. The van der Waals surface area contributed by atoms with Gasteiger partial charge in [0.15, 0.2) is 0 Å². The highest BCUT2D eigenvalue weighted by Crippen LogP contribution is 2.18. The minimum Gasteiger partial charge on any atom is -0.391 e. The molecule has 0 amide bonds. The van der Waals surface area contributed by atoms with E-state index in [1.165, 1.54) is 12.8 Å². The van der Waals surface area contributed by atoms with Crippen LogP contribution in [0.5, 0.6) is 0 Å². The molecule has 0 saturated carbocycles. The van der Waals surface area contributed by atoms with Crippen molar-refractivity contribution in [2.75, 3.05) is 6.61 Å². The summed E-state index contributed by atoms with van der Waals surface area (Å²) in [6, 6.07) is 0. The van der Waals surface area contributed by atoms with Gasteiger partial charge in [0.1, 0.15) is 0 Å². The van der Waals surface area contributed by atoms with Crippen LogP contribution in [0.4, 0.5) is 0 Å². The molecule has 0 spiro atoms. The normalized spacial score (nSPS) is 15.1. The molecule has 0 aliphatic heterocycles. The van der Waals surface area contributed by atoms with Crippen molar-refractivity contribution in [3.8, 4) is 0 Å². The van der Waals surface area contributed by atoms with E-state index in [1.807, 2.05) is 5.70 Å². The molecule has 0 saturated heterocycles. The summed E-state index contributed by atoms with van der Waals surface area (Å²) in [5, 5.41) is 0. The van der Waals surface area contributed by atoms with Gasteiger partial charge in [-0.25, -0.2) is 0 Å². The Morgan fingerprint density at radius 2 is 1.69 bits per heavy atom. The lowest BCUT2D eigenvalue weighted by atomic mass is 10.1. The molecule has 1 unspecified atom stereocenters. The smallest absolute Gasteiger partial charge is 0.361 e. The van der Waals surface area contributed by atoms with Crippen molar-refractivity contribution in [2.24, 2.45) is 0 Å². The molecule has 0 aliphatic rings. The fourth-order valence-electron chi connectivity index (χ4n) is 1.68. The molecular weight excluding hydrogens is 216 g/mol. The molecule has 0 radical (unpaired) electrons. The van der Waals surface area contributed by atoms with Gasteiger partial charge in [0, 0.05) is 12.7 Å². The second kappa shape index (κ2) is 8.96. The van der Waals surface area contributed by atoms with E-state index >= 15 is 0 Å². The van der Waals surface area contributed by atoms with Gasteiger partial charge in [0.2, 0.25) is 0 Å². The summed E-state index contributed by atoms with van der Waals surface area (Å²) in [5.41, 5.74) is 1.90. The first-order valence-electron chi connectivity index (χ1n) is 6.57. The van der Waals surface area contributed by atoms with Crippen molar-refractivity contribution >= 4 is 8.56 Å². The first-order valence-corrected chi connectivity index (χ1v) is 8.96. The van der Waals surface area contributed by atoms with Crippen LogP contribution in [0.3, 0.4) is 0 Å². The summed E-state index contributed by atoms with van der Waals surface area (Å²) in [5.74, 6) is 0. The maximum atomic E-state index is 6.17. The molecule has 0 aromatic heterocycles. The van der Waals surface area contributed by atoms with Crippen LogP contribution in [0.15, 0.2) is 12.3 Å². The minimum atomic E-state index is -2.12. The lowest BCUT2D eigenvalue weighted by molar-refractivity contribution is 0.111. The van der Waals surface area contributed by atoms with Gasteiger partial charge in [-0.2, -0.15) is 0 Å². The molecule has 1 atom stereocenters. The van der Waals surface area contributed by atoms with E-state index in [1.54, 1.807) is 0 Å². The minimum absolute atomic E-state index is 0.349. The Balaban J connectivity index is 4.27. The highest BCUT2D eigenvalue weighted by Gasteiger charge is 2.30. The first-order chi connectivity index (χ1) is 7.61. The van der Waals surface area contributed by atoms with E-state index in [9.17, 15) is 0 Å². The van der Waals surface area contributed by atoms with E-state index in [0.29, 0.717) is 6.10 Å². The molecular formula is C13H28O2Si. The van der Waals surface area contributed by atoms with Gasteiger partial charge in [-0.15, -0.1) is 6.58 Å². The lowest BCUT2D eigenvalue weighted by Crippen LogP contribution is -2.40. The van der Waals surface area contributed by atoms with Crippen molar-refractivity contribution in [1.82, 2.24) is 0 Å². The van der Waals surface area contributed by atoms with Crippen molar-refractivity contribution < 1.29 is 8.85 Å². The van der Waals surface area contributed by atoms with Crippen LogP contribution in [-0.2, 0) is 8.85 Å². The zero-order valence-electron chi connectivity index (χ0n) is 11.4. The fourth-order valence-corrected chi connectivity index (χ4v) is 3.47. The third-order valence-electron chi connectivity index (χ3n) is 2.59. The maximum absolute atomic E-state index is 6.17. The summed E-state index contributed by atoms with van der Waals surface area (Å²) in [4.78, 5) is 0. The van der Waals surface area contributed by atoms with Crippen LogP contribution in [-0.4, -0.2) is 21.3 Å². The maximum Gasteiger partial charge on any atom is 0.361 e. The van der Waals surface area contributed by atoms with Gasteiger partial charge < -0.3 is 8.85 Å². The summed E-state index contributed by atoms with van der Waals surface area (Å²) < 4.78 is 12.0. The van der Waals surface area contributed by atoms with E-state index in [2.05, 4.69) is 33.9 Å². The Hall–Kier alpha value is -0.123. The van der Waals surface area contributed by atoms with Crippen LogP contribution >= 0.6 is 0 Å². The third kappa shape index (κ3) is 6.46. The topological polar surface area (TPSA) is 18.5 Å². The lowest BCUT2D eigenvalue weighted by Gasteiger charge is -2.29. The second-order valence-corrected chi connectivity index (χ2v) is 7.35. The quantitative estimate of drug-likeness (QED) is 0.536. The zero-order chi connectivity index (χ0) is 12.4. The zero-order valence-corrected chi connectivity index (χ0v) is 12.4. The molecule has 2 nitrogen and oxygen atoms in total. The van der Waals surface area contributed by atoms with Crippen molar-refractivity contribution in [1.29, 1.82) is 0 Å². The van der Waals surface area contributed by atoms with E-state index < -0.39 is 8.56 Å².